The van der Waals surface area contributed by atoms with E-state index in [0.29, 0.717) is 6.04 Å². The summed E-state index contributed by atoms with van der Waals surface area (Å²) in [5.74, 6) is 0.910. The Morgan fingerprint density at radius 1 is 1.44 bits per heavy atom. The molecular formula is C12H18ClNO2. The first-order chi connectivity index (χ1) is 7.31. The summed E-state index contributed by atoms with van der Waals surface area (Å²) in [6.07, 6.45) is 0. The minimum atomic E-state index is 0. The van der Waals surface area contributed by atoms with E-state index >= 15 is 0 Å². The molecule has 0 amide bonds. The molecule has 1 aromatic carbocycles. The molecule has 0 radical (unpaired) electrons. The van der Waals surface area contributed by atoms with Crippen molar-refractivity contribution in [3.63, 3.8) is 0 Å². The lowest BCUT2D eigenvalue weighted by Crippen LogP contribution is -2.34. The molecule has 1 fully saturated rings. The van der Waals surface area contributed by atoms with Gasteiger partial charge in [-0.25, -0.2) is 0 Å². The third-order valence-electron chi connectivity index (χ3n) is 2.77. The molecule has 0 bridgehead atoms. The number of hydrogen-bond donors (Lipinski definition) is 1. The fourth-order valence-electron chi connectivity index (χ4n) is 1.93. The Morgan fingerprint density at radius 2 is 2.25 bits per heavy atom. The molecule has 1 atom stereocenters. The van der Waals surface area contributed by atoms with Gasteiger partial charge < -0.3 is 14.8 Å². The SMILES string of the molecule is COc1ccc([C@H]2COCCN2)c(C)c1.Cl. The summed E-state index contributed by atoms with van der Waals surface area (Å²) in [6, 6.07) is 6.50. The van der Waals surface area contributed by atoms with Gasteiger partial charge in [-0.15, -0.1) is 12.4 Å². The predicted molar refractivity (Wildman–Crippen MR) is 66.5 cm³/mol. The fraction of sp³-hybridized carbons (Fsp3) is 0.500. The molecule has 1 N–H and O–H groups in total. The number of rotatable bonds is 2. The van der Waals surface area contributed by atoms with Gasteiger partial charge in [-0.1, -0.05) is 6.07 Å². The van der Waals surface area contributed by atoms with Crippen LogP contribution in [-0.2, 0) is 4.74 Å². The minimum Gasteiger partial charge on any atom is -0.497 e. The second-order valence-electron chi connectivity index (χ2n) is 3.80. The van der Waals surface area contributed by atoms with E-state index in [-0.39, 0.29) is 12.4 Å². The van der Waals surface area contributed by atoms with Gasteiger partial charge in [-0.2, -0.15) is 0 Å². The molecule has 16 heavy (non-hydrogen) atoms. The lowest BCUT2D eigenvalue weighted by atomic mass is 10.0. The maximum Gasteiger partial charge on any atom is 0.119 e. The molecule has 1 aromatic rings. The van der Waals surface area contributed by atoms with Crippen LogP contribution in [0.15, 0.2) is 18.2 Å². The van der Waals surface area contributed by atoms with Crippen molar-refractivity contribution in [3.8, 4) is 5.75 Å². The zero-order chi connectivity index (χ0) is 10.7. The Morgan fingerprint density at radius 3 is 2.81 bits per heavy atom. The van der Waals surface area contributed by atoms with Crippen LogP contribution >= 0.6 is 12.4 Å². The van der Waals surface area contributed by atoms with Crippen molar-refractivity contribution < 1.29 is 9.47 Å². The first kappa shape index (κ1) is 13.3. The average Bonchev–Trinajstić information content (AvgIpc) is 2.30. The molecule has 0 unspecified atom stereocenters. The van der Waals surface area contributed by atoms with Crippen molar-refractivity contribution in [1.29, 1.82) is 0 Å². The molecule has 0 aliphatic carbocycles. The summed E-state index contributed by atoms with van der Waals surface area (Å²) in [5, 5.41) is 3.45. The van der Waals surface area contributed by atoms with Gasteiger partial charge in [0, 0.05) is 6.54 Å². The standard InChI is InChI=1S/C12H17NO2.ClH/c1-9-7-10(14-2)3-4-11(9)12-8-15-6-5-13-12;/h3-4,7,12-13H,5-6,8H2,1-2H3;1H/t12-;/m1./s1. The second-order valence-corrected chi connectivity index (χ2v) is 3.80. The zero-order valence-corrected chi connectivity index (χ0v) is 10.5. The van der Waals surface area contributed by atoms with Crippen LogP contribution in [0.1, 0.15) is 17.2 Å². The number of benzene rings is 1. The molecule has 0 spiro atoms. The van der Waals surface area contributed by atoms with Crippen LogP contribution < -0.4 is 10.1 Å². The quantitative estimate of drug-likeness (QED) is 0.863. The molecule has 0 aromatic heterocycles. The van der Waals surface area contributed by atoms with Crippen LogP contribution in [-0.4, -0.2) is 26.9 Å². The molecular weight excluding hydrogens is 226 g/mol. The number of halogens is 1. The average molecular weight is 244 g/mol. The maximum absolute atomic E-state index is 5.45. The molecule has 2 rings (SSSR count). The number of aryl methyl sites for hydroxylation is 1. The van der Waals surface area contributed by atoms with Crippen molar-refractivity contribution in [2.24, 2.45) is 0 Å². The largest absolute Gasteiger partial charge is 0.497 e. The van der Waals surface area contributed by atoms with Gasteiger partial charge >= 0.3 is 0 Å². The summed E-state index contributed by atoms with van der Waals surface area (Å²) in [6.45, 7) is 4.60. The summed E-state index contributed by atoms with van der Waals surface area (Å²) < 4.78 is 10.6. The second kappa shape index (κ2) is 6.09. The van der Waals surface area contributed by atoms with Crippen molar-refractivity contribution in [3.05, 3.63) is 29.3 Å². The van der Waals surface area contributed by atoms with E-state index in [2.05, 4.69) is 24.4 Å². The van der Waals surface area contributed by atoms with E-state index in [0.717, 1.165) is 25.5 Å². The monoisotopic (exact) mass is 243 g/mol. The van der Waals surface area contributed by atoms with Crippen molar-refractivity contribution in [1.82, 2.24) is 5.32 Å². The Kier molecular flexibility index (Phi) is 5.06. The highest BCUT2D eigenvalue weighted by atomic mass is 35.5. The van der Waals surface area contributed by atoms with Gasteiger partial charge in [0.05, 0.1) is 26.4 Å². The van der Waals surface area contributed by atoms with Gasteiger partial charge in [0.25, 0.3) is 0 Å². The highest BCUT2D eigenvalue weighted by Gasteiger charge is 2.16. The Balaban J connectivity index is 0.00000128. The van der Waals surface area contributed by atoms with Crippen molar-refractivity contribution >= 4 is 12.4 Å². The normalized spacial score (nSPS) is 20.0. The topological polar surface area (TPSA) is 30.5 Å². The summed E-state index contributed by atoms with van der Waals surface area (Å²) in [7, 11) is 1.69. The van der Waals surface area contributed by atoms with E-state index in [1.165, 1.54) is 11.1 Å². The van der Waals surface area contributed by atoms with Crippen LogP contribution in [0.4, 0.5) is 0 Å². The third-order valence-corrected chi connectivity index (χ3v) is 2.77. The molecule has 3 nitrogen and oxygen atoms in total. The van der Waals surface area contributed by atoms with E-state index in [9.17, 15) is 0 Å². The predicted octanol–water partition coefficient (Wildman–Crippen LogP) is 2.09. The smallest absolute Gasteiger partial charge is 0.119 e. The van der Waals surface area contributed by atoms with Gasteiger partial charge in [0.1, 0.15) is 5.75 Å². The Bertz CT molecular complexity index is 338. The first-order valence-corrected chi connectivity index (χ1v) is 5.27. The zero-order valence-electron chi connectivity index (χ0n) is 9.66. The molecule has 1 saturated heterocycles. The number of ether oxygens (including phenoxy) is 2. The molecule has 0 saturated carbocycles. The van der Waals surface area contributed by atoms with Gasteiger partial charge in [-0.3, -0.25) is 0 Å². The van der Waals surface area contributed by atoms with Crippen LogP contribution in [0.5, 0.6) is 5.75 Å². The molecule has 1 aliphatic rings. The van der Waals surface area contributed by atoms with Crippen LogP contribution in [0, 0.1) is 6.92 Å². The van der Waals surface area contributed by atoms with E-state index in [1.807, 2.05) is 6.07 Å². The lowest BCUT2D eigenvalue weighted by Gasteiger charge is -2.25. The highest BCUT2D eigenvalue weighted by Crippen LogP contribution is 2.23. The number of hydrogen-bond acceptors (Lipinski definition) is 3. The summed E-state index contributed by atoms with van der Waals surface area (Å²) in [4.78, 5) is 0. The maximum atomic E-state index is 5.45. The van der Waals surface area contributed by atoms with E-state index in [4.69, 9.17) is 9.47 Å². The molecule has 90 valence electrons. The minimum absolute atomic E-state index is 0. The Hall–Kier alpha value is -0.770. The number of methoxy groups -OCH3 is 1. The van der Waals surface area contributed by atoms with Gasteiger partial charge in [0.2, 0.25) is 0 Å². The highest BCUT2D eigenvalue weighted by molar-refractivity contribution is 5.85. The molecule has 4 heteroatoms. The summed E-state index contributed by atoms with van der Waals surface area (Å²) in [5.41, 5.74) is 2.55. The van der Waals surface area contributed by atoms with Crippen molar-refractivity contribution in [2.75, 3.05) is 26.9 Å². The van der Waals surface area contributed by atoms with Crippen LogP contribution in [0.3, 0.4) is 0 Å². The number of morpholine rings is 1. The number of nitrogens with one attached hydrogen (secondary N) is 1. The van der Waals surface area contributed by atoms with E-state index < -0.39 is 0 Å². The molecule has 1 aliphatic heterocycles. The fourth-order valence-corrected chi connectivity index (χ4v) is 1.93. The van der Waals surface area contributed by atoms with Crippen LogP contribution in [0.25, 0.3) is 0 Å². The first-order valence-electron chi connectivity index (χ1n) is 5.27. The molecule has 1 heterocycles. The van der Waals surface area contributed by atoms with E-state index in [1.54, 1.807) is 7.11 Å². The summed E-state index contributed by atoms with van der Waals surface area (Å²) >= 11 is 0. The van der Waals surface area contributed by atoms with Gasteiger partial charge in [0.15, 0.2) is 0 Å². The Labute approximate surface area is 103 Å². The van der Waals surface area contributed by atoms with Gasteiger partial charge in [-0.05, 0) is 30.2 Å². The van der Waals surface area contributed by atoms with Crippen LogP contribution in [0.2, 0.25) is 0 Å². The lowest BCUT2D eigenvalue weighted by molar-refractivity contribution is 0.0767. The third kappa shape index (κ3) is 2.88. The van der Waals surface area contributed by atoms with Crippen molar-refractivity contribution in [2.45, 2.75) is 13.0 Å².